The monoisotopic (exact) mass is 932 g/mol. The van der Waals surface area contributed by atoms with Crippen LogP contribution in [0.25, 0.3) is 56.7 Å². The van der Waals surface area contributed by atoms with Crippen LogP contribution >= 0.6 is 0 Å². The van der Waals surface area contributed by atoms with Crippen LogP contribution < -0.4 is 0 Å². The van der Waals surface area contributed by atoms with E-state index in [1.807, 2.05) is 0 Å². The Balaban J connectivity index is 1.26. The number of fused-ring (bicyclic) bond motifs is 2. The van der Waals surface area contributed by atoms with Crippen LogP contribution in [-0.4, -0.2) is 6.88 Å². The molecule has 64 heavy (non-hydrogen) atoms. The van der Waals surface area contributed by atoms with Crippen LogP contribution in [0.5, 0.6) is 0 Å². The van der Waals surface area contributed by atoms with Gasteiger partial charge in [0.25, 0.3) is 0 Å². The zero-order chi connectivity index (χ0) is 44.2. The third-order valence-electron chi connectivity index (χ3n) is 16.4. The van der Waals surface area contributed by atoms with Crippen LogP contribution in [0.2, 0.25) is 9.26 Å². The first-order chi connectivity index (χ1) is 30.9. The Morgan fingerprint density at radius 2 is 0.672 bits per heavy atom. The first kappa shape index (κ1) is 43.8. The average molecular weight is 935 g/mol. The molecule has 0 heterocycles. The molecule has 0 spiro atoms. The van der Waals surface area contributed by atoms with E-state index < -0.39 is 17.4 Å². The summed E-state index contributed by atoms with van der Waals surface area (Å²) >= 11 is -4.26. The molecule has 6 aromatic rings. The van der Waals surface area contributed by atoms with Gasteiger partial charge in [-0.15, -0.1) is 0 Å². The van der Waals surface area contributed by atoms with Crippen molar-refractivity contribution < 1.29 is 17.4 Å². The predicted octanol–water partition coefficient (Wildman–Crippen LogP) is 17.4. The van der Waals surface area contributed by atoms with Crippen LogP contribution in [0.3, 0.4) is 0 Å². The van der Waals surface area contributed by atoms with Crippen molar-refractivity contribution in [3.8, 4) is 44.5 Å². The molecule has 2 unspecified atom stereocenters. The summed E-state index contributed by atoms with van der Waals surface area (Å²) in [5, 5.41) is 0. The predicted molar refractivity (Wildman–Crippen MR) is 278 cm³/mol. The summed E-state index contributed by atoms with van der Waals surface area (Å²) in [7, 11) is 0. The van der Waals surface area contributed by atoms with Gasteiger partial charge < -0.3 is 0 Å². The fourth-order valence-electron chi connectivity index (χ4n) is 13.2. The van der Waals surface area contributed by atoms with Gasteiger partial charge in [0, 0.05) is 0 Å². The van der Waals surface area contributed by atoms with Gasteiger partial charge in [0.05, 0.1) is 0 Å². The third-order valence-corrected chi connectivity index (χ3v) is 33.8. The number of benzene rings is 6. The standard InChI is InChI=1S/2C30H31.2CH3.H2Si.Zr/c2*1-21-8-12-25(13-9-21)27-16-17-28(26-14-10-22(2)11-15-26)30-20-24(19-29(27)30)18-23-6-4-3-5-7-23;;;;/h2*8-17,19-20,23H,3-7,18H2,1-2H3;2*1H3;1H2;. The quantitative estimate of drug-likeness (QED) is 0.120. The molecule has 2 heteroatoms. The molecule has 0 radical (unpaired) electrons. The Morgan fingerprint density at radius 1 is 0.391 bits per heavy atom. The topological polar surface area (TPSA) is 0 Å². The molecule has 0 amide bonds. The molecular weight excluding hydrogens is 864 g/mol. The van der Waals surface area contributed by atoms with E-state index in [-0.39, 0.29) is 0 Å². The van der Waals surface area contributed by atoms with Crippen molar-refractivity contribution in [2.75, 3.05) is 0 Å². The molecule has 4 aliphatic rings. The number of allylic oxidation sites excluding steroid dienone is 2. The summed E-state index contributed by atoms with van der Waals surface area (Å²) in [6.07, 6.45) is 21.9. The van der Waals surface area contributed by atoms with Gasteiger partial charge in [-0.1, -0.05) is 0 Å². The molecule has 0 N–H and O–H groups in total. The van der Waals surface area contributed by atoms with Crippen molar-refractivity contribution >= 4 is 19.0 Å². The van der Waals surface area contributed by atoms with Crippen LogP contribution in [0.4, 0.5) is 0 Å². The average Bonchev–Trinajstić information content (AvgIpc) is 3.88. The van der Waals surface area contributed by atoms with Gasteiger partial charge >= 0.3 is 391 Å². The van der Waals surface area contributed by atoms with Crippen LogP contribution in [0.15, 0.2) is 132 Å². The van der Waals surface area contributed by atoms with E-state index in [2.05, 4.69) is 177 Å². The molecule has 0 saturated heterocycles. The van der Waals surface area contributed by atoms with Crippen molar-refractivity contribution in [2.45, 2.75) is 121 Å². The van der Waals surface area contributed by atoms with Crippen molar-refractivity contribution in [1.29, 1.82) is 0 Å². The van der Waals surface area contributed by atoms with Gasteiger partial charge in [0.15, 0.2) is 0 Å². The van der Waals surface area contributed by atoms with Gasteiger partial charge in [-0.3, -0.25) is 0 Å². The molecule has 10 rings (SSSR count). The molecule has 326 valence electrons. The van der Waals surface area contributed by atoms with Gasteiger partial charge in [-0.05, 0) is 0 Å². The molecule has 6 aromatic carbocycles. The van der Waals surface area contributed by atoms with Crippen molar-refractivity contribution in [3.63, 3.8) is 0 Å². The second kappa shape index (κ2) is 17.6. The number of hydrogen-bond donors (Lipinski definition) is 0. The number of hydrogen-bond acceptors (Lipinski definition) is 0. The Bertz CT molecular complexity index is 2620. The van der Waals surface area contributed by atoms with Crippen molar-refractivity contribution in [1.82, 2.24) is 0 Å². The summed E-state index contributed by atoms with van der Waals surface area (Å²) in [5.41, 5.74) is 26.3. The first-order valence-electron chi connectivity index (χ1n) is 25.0. The maximum atomic E-state index is 2.94. The number of aryl methyl sites for hydroxylation is 4. The van der Waals surface area contributed by atoms with Crippen molar-refractivity contribution in [2.24, 2.45) is 11.8 Å². The van der Waals surface area contributed by atoms with Gasteiger partial charge in [-0.25, -0.2) is 0 Å². The van der Waals surface area contributed by atoms with E-state index >= 15 is 0 Å². The molecule has 0 aliphatic heterocycles. The van der Waals surface area contributed by atoms with E-state index in [0.717, 1.165) is 11.8 Å². The van der Waals surface area contributed by atoms with Gasteiger partial charge in [0.2, 0.25) is 0 Å². The number of rotatable bonds is 10. The van der Waals surface area contributed by atoms with Gasteiger partial charge in [0.1, 0.15) is 0 Å². The van der Waals surface area contributed by atoms with Crippen LogP contribution in [0, 0.1) is 39.5 Å². The van der Waals surface area contributed by atoms with E-state index in [4.69, 9.17) is 0 Å². The van der Waals surface area contributed by atoms with E-state index in [0.29, 0.717) is 7.25 Å². The second-order valence-electron chi connectivity index (χ2n) is 22.1. The minimum atomic E-state index is -4.26. The van der Waals surface area contributed by atoms with E-state index in [9.17, 15) is 0 Å². The summed E-state index contributed by atoms with van der Waals surface area (Å²) in [6, 6.07) is 47.9. The van der Waals surface area contributed by atoms with E-state index in [1.165, 1.54) is 155 Å². The Hall–Kier alpha value is -4.10. The molecule has 2 atom stereocenters. The Morgan fingerprint density at radius 3 is 0.984 bits per heavy atom. The van der Waals surface area contributed by atoms with E-state index in [1.54, 1.807) is 22.3 Å². The second-order valence-corrected chi connectivity index (χ2v) is 52.6. The van der Waals surface area contributed by atoms with Crippen LogP contribution in [0.1, 0.15) is 129 Å². The summed E-state index contributed by atoms with van der Waals surface area (Å²) in [6.45, 7) is 11.5. The maximum absolute atomic E-state index is 4.26. The Kier molecular flexibility index (Phi) is 12.0. The summed E-state index contributed by atoms with van der Waals surface area (Å²) < 4.78 is 6.74. The minimum absolute atomic E-state index is 0.429. The molecule has 0 aromatic heterocycles. The summed E-state index contributed by atoms with van der Waals surface area (Å²) in [4.78, 5) is 0. The van der Waals surface area contributed by atoms with Crippen molar-refractivity contribution in [3.05, 3.63) is 177 Å². The zero-order valence-corrected chi connectivity index (χ0v) is 43.6. The first-order valence-corrected chi connectivity index (χ1v) is 38.7. The Labute approximate surface area is 388 Å². The molecule has 4 aliphatic carbocycles. The normalized spacial score (nSPS) is 19.3. The fraction of sp³-hybridized carbons (Fsp3) is 0.355. The van der Waals surface area contributed by atoms with Crippen LogP contribution in [-0.2, 0) is 17.4 Å². The molecule has 2 fully saturated rings. The van der Waals surface area contributed by atoms with Gasteiger partial charge in [-0.2, -0.15) is 0 Å². The third kappa shape index (κ3) is 8.34. The molecule has 0 nitrogen and oxygen atoms in total. The molecule has 2 saturated carbocycles. The zero-order valence-electron chi connectivity index (χ0n) is 39.7. The fourth-order valence-corrected chi connectivity index (χ4v) is 32.7. The SMILES string of the molecule is Cc1ccc(-c2ccc(-c3ccc(C)cc3)c3c2C=C(CC2CCCCC2)[CH]3[Zr]([CH3])([CH3])(=[SiH2])[CH]2C(CC3CCCCC3)=Cc3c(-c4ccc(C)cc4)ccc(-c4ccc(C)cc4)c32)cc1. The molecular formula is C62H70SiZr. The molecule has 0 bridgehead atoms. The summed E-state index contributed by atoms with van der Waals surface area (Å²) in [5.74, 6) is 1.53.